The van der Waals surface area contributed by atoms with Gasteiger partial charge in [0.1, 0.15) is 0 Å². The number of benzene rings is 1. The van der Waals surface area contributed by atoms with E-state index in [0.717, 1.165) is 11.4 Å². The monoisotopic (exact) mass is 274 g/mol. The van der Waals surface area contributed by atoms with Crippen molar-refractivity contribution < 1.29 is 0 Å². The van der Waals surface area contributed by atoms with E-state index in [1.165, 1.54) is 0 Å². The zero-order chi connectivity index (χ0) is 13.8. The Morgan fingerprint density at radius 2 is 1.17 bits per heavy atom. The first kappa shape index (κ1) is 14.8. The molecule has 4 heteroatoms. The zero-order valence-corrected chi connectivity index (χ0v) is 13.8. The second-order valence-corrected chi connectivity index (χ2v) is 13.3. The highest BCUT2D eigenvalue weighted by Gasteiger charge is 2.05. The maximum atomic E-state index is 4.84. The van der Waals surface area contributed by atoms with Crippen molar-refractivity contribution >= 4 is 27.8 Å². The van der Waals surface area contributed by atoms with Crippen LogP contribution in [0.3, 0.4) is 0 Å². The fourth-order valence-corrected chi connectivity index (χ4v) is 3.17. The smallest absolute Gasteiger partial charge is 0.0209 e. The van der Waals surface area contributed by atoms with E-state index in [-0.39, 0.29) is 0 Å². The molecule has 0 amide bonds. The van der Waals surface area contributed by atoms with Crippen molar-refractivity contribution in [3.8, 4) is 0 Å². The van der Waals surface area contributed by atoms with Crippen LogP contribution in [0.4, 0.5) is 11.4 Å². The summed E-state index contributed by atoms with van der Waals surface area (Å²) in [5.74, 6) is 0. The van der Waals surface area contributed by atoms with Crippen LogP contribution in [-0.4, -0.2) is 16.5 Å². The lowest BCUT2D eigenvalue weighted by Crippen LogP contribution is -2.21. The minimum atomic E-state index is -1.72. The molecule has 18 heavy (non-hydrogen) atoms. The molecular formula is C14H22N2Si2-2. The lowest BCUT2D eigenvalue weighted by atomic mass is 10.3. The number of rotatable bonds is 6. The van der Waals surface area contributed by atoms with Crippen LogP contribution in [0.1, 0.15) is 0 Å². The van der Waals surface area contributed by atoms with Gasteiger partial charge in [-0.05, 0) is 16.5 Å². The SMILES string of the molecule is C=C[Si](C)(C)[N-]c1ccccc1[N-][Si](C)(C)C=C. The van der Waals surface area contributed by atoms with Gasteiger partial charge in [0.25, 0.3) is 0 Å². The molecule has 0 saturated heterocycles. The second-order valence-electron chi connectivity index (χ2n) is 5.43. The summed E-state index contributed by atoms with van der Waals surface area (Å²) in [6.45, 7) is 16.5. The molecule has 0 radical (unpaired) electrons. The average molecular weight is 275 g/mol. The van der Waals surface area contributed by atoms with Crippen molar-refractivity contribution in [3.63, 3.8) is 0 Å². The first-order valence-electron chi connectivity index (χ1n) is 6.12. The van der Waals surface area contributed by atoms with Gasteiger partial charge in [-0.1, -0.05) is 50.5 Å². The van der Waals surface area contributed by atoms with Crippen LogP contribution in [0.15, 0.2) is 48.8 Å². The van der Waals surface area contributed by atoms with Crippen LogP contribution in [0.5, 0.6) is 0 Å². The van der Waals surface area contributed by atoms with Gasteiger partial charge < -0.3 is 9.96 Å². The summed E-state index contributed by atoms with van der Waals surface area (Å²) in [6, 6.07) is 8.08. The molecule has 0 heterocycles. The maximum absolute atomic E-state index is 4.84. The van der Waals surface area contributed by atoms with E-state index in [2.05, 4.69) is 39.3 Å². The molecule has 0 aromatic heterocycles. The fourth-order valence-electron chi connectivity index (χ4n) is 1.37. The van der Waals surface area contributed by atoms with Gasteiger partial charge in [0.15, 0.2) is 0 Å². The Kier molecular flexibility index (Phi) is 4.59. The van der Waals surface area contributed by atoms with Gasteiger partial charge in [0.2, 0.25) is 0 Å². The standard InChI is InChI=1S/C14H22N2Si2/c1-7-17(3,4)15-13-11-9-10-12-14(13)16-18(5,6)8-2/h7-12H,1-2H2,3-6H3/q-2. The lowest BCUT2D eigenvalue weighted by molar-refractivity contribution is 1.64. The summed E-state index contributed by atoms with van der Waals surface area (Å²) < 4.78 is 0. The molecular weight excluding hydrogens is 252 g/mol. The van der Waals surface area contributed by atoms with Gasteiger partial charge in [-0.15, -0.1) is 24.6 Å². The van der Waals surface area contributed by atoms with Crippen molar-refractivity contribution in [2.45, 2.75) is 26.2 Å². The molecule has 0 unspecified atom stereocenters. The quantitative estimate of drug-likeness (QED) is 0.608. The first-order chi connectivity index (χ1) is 8.29. The molecule has 0 bridgehead atoms. The highest BCUT2D eigenvalue weighted by molar-refractivity contribution is 6.89. The summed E-state index contributed by atoms with van der Waals surface area (Å²) in [5.41, 5.74) is 5.94. The van der Waals surface area contributed by atoms with Gasteiger partial charge in [0.05, 0.1) is 0 Å². The van der Waals surface area contributed by atoms with Gasteiger partial charge in [-0.3, -0.25) is 0 Å². The molecule has 1 aromatic carbocycles. The van der Waals surface area contributed by atoms with Crippen molar-refractivity contribution in [2.24, 2.45) is 0 Å². The Labute approximate surface area is 113 Å². The van der Waals surface area contributed by atoms with E-state index in [9.17, 15) is 0 Å². The van der Waals surface area contributed by atoms with E-state index < -0.39 is 16.5 Å². The Bertz CT molecular complexity index is 398. The van der Waals surface area contributed by atoms with Gasteiger partial charge in [0, 0.05) is 0 Å². The van der Waals surface area contributed by atoms with E-state index in [1.54, 1.807) is 0 Å². The minimum absolute atomic E-state index is 0.983. The normalized spacial score (nSPS) is 11.8. The van der Waals surface area contributed by atoms with Crippen LogP contribution < -0.4 is 0 Å². The van der Waals surface area contributed by atoms with E-state index in [4.69, 9.17) is 9.96 Å². The Balaban J connectivity index is 3.00. The fraction of sp³-hybridized carbons (Fsp3) is 0.286. The van der Waals surface area contributed by atoms with Crippen LogP contribution in [0.25, 0.3) is 9.96 Å². The van der Waals surface area contributed by atoms with Gasteiger partial charge >= 0.3 is 0 Å². The largest absolute Gasteiger partial charge is 0.685 e. The molecule has 0 aliphatic rings. The van der Waals surface area contributed by atoms with E-state index in [1.807, 2.05) is 35.7 Å². The predicted molar refractivity (Wildman–Crippen MR) is 87.8 cm³/mol. The molecule has 0 saturated carbocycles. The third kappa shape index (κ3) is 4.20. The van der Waals surface area contributed by atoms with Crippen LogP contribution in [0.2, 0.25) is 26.2 Å². The van der Waals surface area contributed by atoms with Crippen molar-refractivity contribution in [1.82, 2.24) is 0 Å². The lowest BCUT2D eigenvalue weighted by Gasteiger charge is -2.45. The van der Waals surface area contributed by atoms with Crippen LogP contribution in [-0.2, 0) is 0 Å². The predicted octanol–water partition coefficient (Wildman–Crippen LogP) is 5.56. The summed E-state index contributed by atoms with van der Waals surface area (Å²) in [4.78, 5) is 9.69. The van der Waals surface area contributed by atoms with Crippen molar-refractivity contribution in [2.75, 3.05) is 0 Å². The topological polar surface area (TPSA) is 28.2 Å². The minimum Gasteiger partial charge on any atom is -0.685 e. The molecule has 0 aliphatic carbocycles. The highest BCUT2D eigenvalue weighted by atomic mass is 28.3. The average Bonchev–Trinajstić information content (AvgIpc) is 2.31. The van der Waals surface area contributed by atoms with Gasteiger partial charge in [-0.2, -0.15) is 11.4 Å². The van der Waals surface area contributed by atoms with Crippen molar-refractivity contribution in [1.29, 1.82) is 0 Å². The zero-order valence-electron chi connectivity index (χ0n) is 11.8. The second kappa shape index (κ2) is 5.58. The van der Waals surface area contributed by atoms with Crippen LogP contribution >= 0.6 is 0 Å². The molecule has 0 atom stereocenters. The van der Waals surface area contributed by atoms with E-state index in [0.29, 0.717) is 0 Å². The summed E-state index contributed by atoms with van der Waals surface area (Å²) in [5, 5.41) is 0. The van der Waals surface area contributed by atoms with Crippen LogP contribution in [0, 0.1) is 0 Å². The molecule has 1 rings (SSSR count). The summed E-state index contributed by atoms with van der Waals surface area (Å²) >= 11 is 0. The third-order valence-corrected chi connectivity index (χ3v) is 6.33. The Morgan fingerprint density at radius 3 is 1.44 bits per heavy atom. The molecule has 2 nitrogen and oxygen atoms in total. The molecule has 0 N–H and O–H groups in total. The maximum Gasteiger partial charge on any atom is -0.0209 e. The molecule has 0 spiro atoms. The summed E-state index contributed by atoms with van der Waals surface area (Å²) in [6.07, 6.45) is 0. The molecule has 98 valence electrons. The molecule has 0 aliphatic heterocycles. The number of nitrogens with zero attached hydrogens (tertiary/aromatic N) is 2. The van der Waals surface area contributed by atoms with E-state index >= 15 is 0 Å². The summed E-state index contributed by atoms with van der Waals surface area (Å²) in [7, 11) is -3.43. The molecule has 0 fully saturated rings. The highest BCUT2D eigenvalue weighted by Crippen LogP contribution is 2.40. The Morgan fingerprint density at radius 1 is 0.833 bits per heavy atom. The Hall–Kier alpha value is -1.27. The third-order valence-electron chi connectivity index (χ3n) is 2.70. The molecule has 1 aromatic rings. The van der Waals surface area contributed by atoms with Crippen molar-refractivity contribution in [3.05, 3.63) is 58.8 Å². The van der Waals surface area contributed by atoms with Gasteiger partial charge in [-0.25, -0.2) is 0 Å². The number of hydrogen-bond donors (Lipinski definition) is 0. The number of hydrogen-bond acceptors (Lipinski definition) is 0. The first-order valence-corrected chi connectivity index (χ1v) is 12.2.